The maximum atomic E-state index is 12.9. The van der Waals surface area contributed by atoms with Crippen molar-refractivity contribution in [3.05, 3.63) is 60.4 Å². The largest absolute Gasteiger partial charge is 0.243 e. The van der Waals surface area contributed by atoms with Gasteiger partial charge < -0.3 is 0 Å². The zero-order chi connectivity index (χ0) is 14.7. The highest BCUT2D eigenvalue weighted by Gasteiger charge is 2.34. The molecule has 2 heterocycles. The molecule has 1 N–H and O–H groups in total. The summed E-state index contributed by atoms with van der Waals surface area (Å²) < 4.78 is 27.4. The van der Waals surface area contributed by atoms with Crippen LogP contribution in [-0.4, -0.2) is 19.3 Å². The first-order valence-electron chi connectivity index (χ1n) is 7.22. The number of hydrogen-bond acceptors (Lipinski definition) is 2. The number of nitrogens with zero attached hydrogens (tertiary/aromatic N) is 1. The predicted molar refractivity (Wildman–Crippen MR) is 79.9 cm³/mol. The summed E-state index contributed by atoms with van der Waals surface area (Å²) in [5.74, 6) is 0. The zero-order valence-electron chi connectivity index (χ0n) is 11.8. The summed E-state index contributed by atoms with van der Waals surface area (Å²) in [5.41, 5.74) is 1.02. The minimum absolute atomic E-state index is 0.0820. The molecule has 3 rings (SSSR count). The van der Waals surface area contributed by atoms with Gasteiger partial charge in [-0.3, -0.25) is 0 Å². The topological polar surface area (TPSA) is 51.5 Å². The van der Waals surface area contributed by atoms with Crippen LogP contribution in [-0.2, 0) is 10.0 Å². The van der Waals surface area contributed by atoms with Gasteiger partial charge in [-0.05, 0) is 31.0 Å². The molecule has 5 heteroatoms. The van der Waals surface area contributed by atoms with Gasteiger partial charge in [0.1, 0.15) is 0 Å². The highest BCUT2D eigenvalue weighted by Crippen LogP contribution is 2.34. The average molecular weight is 303 g/mol. The van der Waals surface area contributed by atoms with Gasteiger partial charge in [-0.15, -0.1) is 0 Å². The minimum atomic E-state index is -3.44. The Morgan fingerprint density at radius 1 is 1.05 bits per heavy atom. The van der Waals surface area contributed by atoms with Crippen LogP contribution in [0.1, 0.15) is 30.9 Å². The quantitative estimate of drug-likeness (QED) is 0.874. The van der Waals surface area contributed by atoms with E-state index in [1.54, 1.807) is 28.6 Å². The Morgan fingerprint density at radius 3 is 2.57 bits per heavy atom. The number of rotatable bonds is 3. The van der Waals surface area contributed by atoms with Gasteiger partial charge in [-0.25, -0.2) is 13.4 Å². The van der Waals surface area contributed by atoms with Gasteiger partial charge in [-0.1, -0.05) is 24.6 Å². The van der Waals surface area contributed by atoms with Crippen LogP contribution in [0.15, 0.2) is 59.8 Å². The highest BCUT2D eigenvalue weighted by atomic mass is 32.2. The molecule has 1 aliphatic heterocycles. The van der Waals surface area contributed by atoms with E-state index in [9.17, 15) is 8.42 Å². The average Bonchev–Trinajstić information content (AvgIpc) is 2.56. The number of sulfonamides is 1. The lowest BCUT2D eigenvalue weighted by Crippen LogP contribution is -2.38. The number of hydrogen-bond donors (Lipinski definition) is 0. The number of pyridine rings is 1. The van der Waals surface area contributed by atoms with Crippen molar-refractivity contribution in [1.82, 2.24) is 4.31 Å². The zero-order valence-corrected chi connectivity index (χ0v) is 12.6. The molecule has 1 unspecified atom stereocenters. The van der Waals surface area contributed by atoms with Crippen molar-refractivity contribution in [2.75, 3.05) is 6.54 Å². The second-order valence-electron chi connectivity index (χ2n) is 5.28. The van der Waals surface area contributed by atoms with Crippen LogP contribution in [0.25, 0.3) is 0 Å². The van der Waals surface area contributed by atoms with Crippen molar-refractivity contribution in [1.29, 1.82) is 0 Å². The fraction of sp³-hybridized carbons (Fsp3) is 0.312. The third-order valence-corrected chi connectivity index (χ3v) is 5.84. The number of nitrogens with one attached hydrogen (secondary N) is 1. The van der Waals surface area contributed by atoms with E-state index < -0.39 is 10.0 Å². The Balaban J connectivity index is 1.99. The molecule has 0 bridgehead atoms. The van der Waals surface area contributed by atoms with E-state index in [2.05, 4.69) is 4.98 Å². The lowest BCUT2D eigenvalue weighted by molar-refractivity contribution is -0.379. The first-order chi connectivity index (χ1) is 10.2. The number of piperidine rings is 1. The minimum Gasteiger partial charge on any atom is -0.218 e. The van der Waals surface area contributed by atoms with Gasteiger partial charge in [0.15, 0.2) is 12.4 Å². The van der Waals surface area contributed by atoms with Crippen LogP contribution in [0, 0.1) is 0 Å². The van der Waals surface area contributed by atoms with E-state index in [1.807, 2.05) is 30.6 Å². The van der Waals surface area contributed by atoms with Crippen LogP contribution >= 0.6 is 0 Å². The fourth-order valence-electron chi connectivity index (χ4n) is 2.87. The third kappa shape index (κ3) is 2.84. The Morgan fingerprint density at radius 2 is 1.86 bits per heavy atom. The molecule has 1 saturated heterocycles. The van der Waals surface area contributed by atoms with Gasteiger partial charge in [-0.2, -0.15) is 4.31 Å². The fourth-order valence-corrected chi connectivity index (χ4v) is 4.57. The molecule has 1 fully saturated rings. The molecule has 0 amide bonds. The maximum absolute atomic E-state index is 12.9. The van der Waals surface area contributed by atoms with Crippen LogP contribution in [0.5, 0.6) is 0 Å². The van der Waals surface area contributed by atoms with Gasteiger partial charge in [0.05, 0.1) is 10.9 Å². The summed E-state index contributed by atoms with van der Waals surface area (Å²) in [7, 11) is -3.44. The third-order valence-electron chi connectivity index (χ3n) is 3.92. The molecule has 1 atom stereocenters. The van der Waals surface area contributed by atoms with Crippen LogP contribution in [0.2, 0.25) is 0 Å². The van der Waals surface area contributed by atoms with E-state index >= 15 is 0 Å². The first kappa shape index (κ1) is 14.2. The summed E-state index contributed by atoms with van der Waals surface area (Å²) in [4.78, 5) is 3.42. The van der Waals surface area contributed by atoms with E-state index in [4.69, 9.17) is 0 Å². The first-order valence-corrected chi connectivity index (χ1v) is 8.66. The molecule has 1 aromatic carbocycles. The number of aromatic amines is 1. The molecular weight excluding hydrogens is 284 g/mol. The molecule has 2 aromatic rings. The Hall–Kier alpha value is -1.72. The summed E-state index contributed by atoms with van der Waals surface area (Å²) in [6.45, 7) is 0.580. The second kappa shape index (κ2) is 5.95. The molecule has 21 heavy (non-hydrogen) atoms. The van der Waals surface area contributed by atoms with Crippen LogP contribution in [0.4, 0.5) is 0 Å². The number of aromatic nitrogens is 1. The van der Waals surface area contributed by atoms with E-state index in [1.165, 1.54) is 0 Å². The Labute approximate surface area is 125 Å². The van der Waals surface area contributed by atoms with Crippen LogP contribution < -0.4 is 4.98 Å². The van der Waals surface area contributed by atoms with E-state index in [-0.39, 0.29) is 6.04 Å². The van der Waals surface area contributed by atoms with E-state index in [0.717, 1.165) is 24.8 Å². The van der Waals surface area contributed by atoms with Gasteiger partial charge >= 0.3 is 0 Å². The Kier molecular flexibility index (Phi) is 4.03. The monoisotopic (exact) mass is 303 g/mol. The van der Waals surface area contributed by atoms with Crippen molar-refractivity contribution < 1.29 is 13.4 Å². The van der Waals surface area contributed by atoms with Crippen molar-refractivity contribution in [3.63, 3.8) is 0 Å². The van der Waals surface area contributed by atoms with Crippen molar-refractivity contribution in [2.45, 2.75) is 30.2 Å². The molecule has 4 nitrogen and oxygen atoms in total. The summed E-state index contributed by atoms with van der Waals surface area (Å²) in [5, 5.41) is 0. The lowest BCUT2D eigenvalue weighted by atomic mass is 9.99. The molecule has 0 radical (unpaired) electrons. The van der Waals surface area contributed by atoms with Crippen molar-refractivity contribution >= 4 is 10.0 Å². The molecule has 110 valence electrons. The van der Waals surface area contributed by atoms with Gasteiger partial charge in [0, 0.05) is 18.2 Å². The number of benzene rings is 1. The van der Waals surface area contributed by atoms with Crippen molar-refractivity contribution in [3.8, 4) is 0 Å². The summed E-state index contributed by atoms with van der Waals surface area (Å²) in [6.07, 6.45) is 6.56. The second-order valence-corrected chi connectivity index (χ2v) is 7.17. The SMILES string of the molecule is O=S(=O)(c1ccccc1)N1CCCCC1c1ccc[nH+]c1. The predicted octanol–water partition coefficient (Wildman–Crippen LogP) is 2.42. The standard InChI is InChI=1S/C16H18N2O2S/c19-21(20,15-8-2-1-3-9-15)18-12-5-4-10-16(18)14-7-6-11-17-13-14/h1-3,6-9,11,13,16H,4-5,10,12H2/p+1. The van der Waals surface area contributed by atoms with Crippen molar-refractivity contribution in [2.24, 2.45) is 0 Å². The molecular formula is C16H19N2O2S+. The highest BCUT2D eigenvalue weighted by molar-refractivity contribution is 7.89. The van der Waals surface area contributed by atoms with Gasteiger partial charge in [0.2, 0.25) is 10.0 Å². The van der Waals surface area contributed by atoms with E-state index in [0.29, 0.717) is 11.4 Å². The molecule has 0 spiro atoms. The normalized spacial score (nSPS) is 20.3. The Bertz CT molecular complexity index is 687. The molecule has 1 aromatic heterocycles. The lowest BCUT2D eigenvalue weighted by Gasteiger charge is -2.34. The smallest absolute Gasteiger partial charge is 0.218 e. The molecule has 1 aliphatic rings. The van der Waals surface area contributed by atoms with Crippen LogP contribution in [0.3, 0.4) is 0 Å². The molecule has 0 aliphatic carbocycles. The molecule has 0 saturated carbocycles. The number of H-pyrrole nitrogens is 1. The summed E-state index contributed by atoms with van der Waals surface area (Å²) >= 11 is 0. The maximum Gasteiger partial charge on any atom is 0.243 e. The summed E-state index contributed by atoms with van der Waals surface area (Å²) in [6, 6.07) is 12.5. The van der Waals surface area contributed by atoms with Gasteiger partial charge in [0.25, 0.3) is 0 Å².